The number of hydrogen-bond donors (Lipinski definition) is 1. The molecule has 1 atom stereocenters. The molecule has 144 valence electrons. The van der Waals surface area contributed by atoms with Crippen molar-refractivity contribution in [2.45, 2.75) is 25.7 Å². The molecule has 2 aromatic carbocycles. The quantitative estimate of drug-likeness (QED) is 0.828. The Morgan fingerprint density at radius 1 is 1.11 bits per heavy atom. The summed E-state index contributed by atoms with van der Waals surface area (Å²) in [6, 6.07) is 8.68. The van der Waals surface area contributed by atoms with E-state index in [9.17, 15) is 13.6 Å². The second kappa shape index (κ2) is 6.83. The summed E-state index contributed by atoms with van der Waals surface area (Å²) in [7, 11) is 2.95. The summed E-state index contributed by atoms with van der Waals surface area (Å²) < 4.78 is 38.3. The summed E-state index contributed by atoms with van der Waals surface area (Å²) in [5.74, 6) is -0.793. The number of methoxy groups -OCH3 is 2. The first kappa shape index (κ1) is 19.1. The van der Waals surface area contributed by atoms with Crippen LogP contribution in [0, 0.1) is 17.0 Å². The average molecular weight is 375 g/mol. The largest absolute Gasteiger partial charge is 0.496 e. The van der Waals surface area contributed by atoms with Crippen LogP contribution in [0.25, 0.3) is 0 Å². The molecule has 6 heteroatoms. The van der Waals surface area contributed by atoms with Crippen molar-refractivity contribution in [3.05, 3.63) is 59.2 Å². The summed E-state index contributed by atoms with van der Waals surface area (Å²) in [5, 5.41) is 2.89. The predicted molar refractivity (Wildman–Crippen MR) is 98.3 cm³/mol. The van der Waals surface area contributed by atoms with Crippen LogP contribution in [-0.2, 0) is 5.41 Å². The van der Waals surface area contributed by atoms with E-state index in [4.69, 9.17) is 9.47 Å². The van der Waals surface area contributed by atoms with Crippen LogP contribution >= 0.6 is 0 Å². The molecule has 1 fully saturated rings. The topological polar surface area (TPSA) is 47.6 Å². The van der Waals surface area contributed by atoms with Crippen LogP contribution in [0.1, 0.15) is 36.2 Å². The average Bonchev–Trinajstić information content (AvgIpc) is 3.20. The minimum atomic E-state index is -0.618. The van der Waals surface area contributed by atoms with Gasteiger partial charge in [-0.2, -0.15) is 0 Å². The lowest BCUT2D eigenvalue weighted by atomic mass is 9.87. The van der Waals surface area contributed by atoms with Crippen molar-refractivity contribution in [2.24, 2.45) is 5.41 Å². The minimum absolute atomic E-state index is 0.218. The van der Waals surface area contributed by atoms with Crippen LogP contribution in [-0.4, -0.2) is 26.7 Å². The molecule has 0 saturated heterocycles. The number of rotatable bonds is 6. The van der Waals surface area contributed by atoms with Gasteiger partial charge in [-0.25, -0.2) is 8.78 Å². The van der Waals surface area contributed by atoms with Gasteiger partial charge in [-0.1, -0.05) is 26.0 Å². The first-order valence-corrected chi connectivity index (χ1v) is 8.70. The number of carbonyl (C=O) groups excluding carboxylic acids is 1. The van der Waals surface area contributed by atoms with E-state index in [-0.39, 0.29) is 23.4 Å². The number of hydrogen-bond acceptors (Lipinski definition) is 3. The maximum absolute atomic E-state index is 14.4. The third-order valence-electron chi connectivity index (χ3n) is 5.57. The van der Waals surface area contributed by atoms with Crippen LogP contribution in [0.15, 0.2) is 36.4 Å². The van der Waals surface area contributed by atoms with Gasteiger partial charge in [0.05, 0.1) is 14.2 Å². The molecule has 0 spiro atoms. The molecule has 0 aliphatic heterocycles. The minimum Gasteiger partial charge on any atom is -0.496 e. The molecule has 3 rings (SSSR count). The van der Waals surface area contributed by atoms with Gasteiger partial charge in [-0.15, -0.1) is 0 Å². The van der Waals surface area contributed by atoms with E-state index in [1.54, 1.807) is 18.2 Å². The molecule has 2 aromatic rings. The van der Waals surface area contributed by atoms with Gasteiger partial charge in [0.2, 0.25) is 0 Å². The van der Waals surface area contributed by atoms with Gasteiger partial charge in [-0.05, 0) is 35.6 Å². The Labute approximate surface area is 157 Å². The zero-order valence-corrected chi connectivity index (χ0v) is 15.9. The molecule has 1 aliphatic rings. The molecule has 1 amide bonds. The zero-order valence-electron chi connectivity index (χ0n) is 15.9. The summed E-state index contributed by atoms with van der Waals surface area (Å²) in [5.41, 5.74) is -0.101. The third kappa shape index (κ3) is 3.24. The number of ether oxygens (including phenoxy) is 2. The molecule has 1 aliphatic carbocycles. The fourth-order valence-corrected chi connectivity index (χ4v) is 3.84. The number of carbonyl (C=O) groups is 1. The van der Waals surface area contributed by atoms with Crippen LogP contribution < -0.4 is 14.8 Å². The lowest BCUT2D eigenvalue weighted by Gasteiger charge is -2.23. The van der Waals surface area contributed by atoms with Gasteiger partial charge in [0.1, 0.15) is 28.7 Å². The highest BCUT2D eigenvalue weighted by Gasteiger charge is 2.62. The highest BCUT2D eigenvalue weighted by Crippen LogP contribution is 2.64. The third-order valence-corrected chi connectivity index (χ3v) is 5.57. The van der Waals surface area contributed by atoms with Crippen molar-refractivity contribution >= 4 is 5.91 Å². The normalized spacial score (nSPS) is 20.1. The van der Waals surface area contributed by atoms with E-state index in [0.717, 1.165) is 6.07 Å². The Morgan fingerprint density at radius 2 is 1.70 bits per heavy atom. The van der Waals surface area contributed by atoms with Crippen molar-refractivity contribution in [3.8, 4) is 11.5 Å². The van der Waals surface area contributed by atoms with Gasteiger partial charge in [-0.3, -0.25) is 4.79 Å². The maximum atomic E-state index is 14.4. The summed E-state index contributed by atoms with van der Waals surface area (Å²) >= 11 is 0. The van der Waals surface area contributed by atoms with Crippen LogP contribution in [0.3, 0.4) is 0 Å². The number of halogens is 2. The molecule has 27 heavy (non-hydrogen) atoms. The van der Waals surface area contributed by atoms with Crippen LogP contribution in [0.4, 0.5) is 8.78 Å². The molecule has 0 aromatic heterocycles. The second-order valence-electron chi connectivity index (χ2n) is 7.49. The van der Waals surface area contributed by atoms with Crippen molar-refractivity contribution < 1.29 is 23.0 Å². The molecule has 0 heterocycles. The van der Waals surface area contributed by atoms with E-state index in [1.165, 1.54) is 26.4 Å². The highest BCUT2D eigenvalue weighted by atomic mass is 19.1. The molecular formula is C21H23F2NO3. The Morgan fingerprint density at radius 3 is 2.19 bits per heavy atom. The van der Waals surface area contributed by atoms with E-state index in [2.05, 4.69) is 5.32 Å². The molecule has 1 unspecified atom stereocenters. The fraction of sp³-hybridized carbons (Fsp3) is 0.381. The number of benzene rings is 2. The van der Waals surface area contributed by atoms with Crippen molar-refractivity contribution in [1.29, 1.82) is 0 Å². The molecule has 0 bridgehead atoms. The van der Waals surface area contributed by atoms with Gasteiger partial charge in [0.15, 0.2) is 0 Å². The van der Waals surface area contributed by atoms with Gasteiger partial charge >= 0.3 is 0 Å². The Bertz CT molecular complexity index is 859. The molecular weight excluding hydrogens is 352 g/mol. The molecule has 1 saturated carbocycles. The number of nitrogens with one attached hydrogen (secondary N) is 1. The molecule has 0 radical (unpaired) electrons. The standard InChI is InChI=1S/C21H23F2NO3/c1-20(2)11-21(20,14-9-8-13(22)10-15(14)23)12-24-19(25)18-16(26-3)6-5-7-17(18)27-4/h5-10H,11-12H2,1-4H3,(H,24,25). The Kier molecular flexibility index (Phi) is 4.84. The highest BCUT2D eigenvalue weighted by molar-refractivity contribution is 5.99. The SMILES string of the molecule is COc1cccc(OC)c1C(=O)NCC1(c2ccc(F)cc2F)CC1(C)C. The van der Waals surface area contributed by atoms with E-state index in [0.29, 0.717) is 23.5 Å². The molecule has 4 nitrogen and oxygen atoms in total. The van der Waals surface area contributed by atoms with Gasteiger partial charge < -0.3 is 14.8 Å². The maximum Gasteiger partial charge on any atom is 0.258 e. The fourth-order valence-electron chi connectivity index (χ4n) is 3.84. The Hall–Kier alpha value is -2.63. The van der Waals surface area contributed by atoms with Crippen molar-refractivity contribution in [2.75, 3.05) is 20.8 Å². The zero-order chi connectivity index (χ0) is 19.8. The summed E-state index contributed by atoms with van der Waals surface area (Å²) in [4.78, 5) is 12.8. The van der Waals surface area contributed by atoms with Crippen LogP contribution in [0.5, 0.6) is 11.5 Å². The van der Waals surface area contributed by atoms with Crippen molar-refractivity contribution in [1.82, 2.24) is 5.32 Å². The summed E-state index contributed by atoms with van der Waals surface area (Å²) in [6.45, 7) is 4.24. The lowest BCUT2D eigenvalue weighted by Crippen LogP contribution is -2.35. The smallest absolute Gasteiger partial charge is 0.258 e. The van der Waals surface area contributed by atoms with Crippen molar-refractivity contribution in [3.63, 3.8) is 0 Å². The monoisotopic (exact) mass is 375 g/mol. The van der Waals surface area contributed by atoms with Gasteiger partial charge in [0.25, 0.3) is 5.91 Å². The Balaban J connectivity index is 1.88. The lowest BCUT2D eigenvalue weighted by molar-refractivity contribution is 0.0941. The van der Waals surface area contributed by atoms with E-state index < -0.39 is 17.0 Å². The van der Waals surface area contributed by atoms with Gasteiger partial charge in [0, 0.05) is 18.0 Å². The van der Waals surface area contributed by atoms with E-state index in [1.807, 2.05) is 13.8 Å². The first-order valence-electron chi connectivity index (χ1n) is 8.70. The number of amides is 1. The predicted octanol–water partition coefficient (Wildman–Crippen LogP) is 4.08. The van der Waals surface area contributed by atoms with Crippen LogP contribution in [0.2, 0.25) is 0 Å². The second-order valence-corrected chi connectivity index (χ2v) is 7.49. The summed E-state index contributed by atoms with van der Waals surface area (Å²) in [6.07, 6.45) is 0.686. The van der Waals surface area contributed by atoms with E-state index >= 15 is 0 Å². The molecule has 1 N–H and O–H groups in total. The first-order chi connectivity index (χ1) is 12.8.